The molecule has 568 valence electrons. The number of carbonyl (C=O) groups excluding carboxylic acids is 2. The summed E-state index contributed by atoms with van der Waals surface area (Å²) in [6, 6.07) is 37.6. The van der Waals surface area contributed by atoms with E-state index in [2.05, 4.69) is 93.7 Å². The molecule has 0 bridgehead atoms. The van der Waals surface area contributed by atoms with Crippen molar-refractivity contribution < 1.29 is 58.5 Å². The number of aromatic hydroxyl groups is 1. The van der Waals surface area contributed by atoms with Gasteiger partial charge in [-0.2, -0.15) is 16.8 Å². The third-order valence-electron chi connectivity index (χ3n) is 21.0. The van der Waals surface area contributed by atoms with Gasteiger partial charge in [0.15, 0.2) is 0 Å². The van der Waals surface area contributed by atoms with Crippen LogP contribution in [0.4, 0.5) is 8.78 Å². The highest BCUT2D eigenvalue weighted by atomic mass is 32.2. The van der Waals surface area contributed by atoms with Crippen molar-refractivity contribution in [2.45, 2.75) is 261 Å². The van der Waals surface area contributed by atoms with Crippen LogP contribution in [0.1, 0.15) is 222 Å². The van der Waals surface area contributed by atoms with E-state index in [1.165, 1.54) is 57.7 Å². The van der Waals surface area contributed by atoms with Gasteiger partial charge in [0.05, 0.1) is 34.2 Å². The molecule has 0 unspecified atom stereocenters. The largest absolute Gasteiger partial charge is 0.508 e. The Labute approximate surface area is 617 Å². The monoisotopic (exact) mass is 1460 g/mol. The molecule has 0 heterocycles. The quantitative estimate of drug-likeness (QED) is 0.0674. The molecule has 4 saturated carbocycles. The second-order valence-electron chi connectivity index (χ2n) is 33.4. The van der Waals surface area contributed by atoms with Crippen molar-refractivity contribution in [3.8, 4) is 33.8 Å². The first-order chi connectivity index (χ1) is 48.1. The number of nitrogens with one attached hydrogen (secondary N) is 2. The van der Waals surface area contributed by atoms with E-state index in [-0.39, 0.29) is 63.4 Å². The first-order valence-corrected chi connectivity index (χ1v) is 40.3. The number of carbonyl (C=O) groups is 2. The Hall–Kier alpha value is -6.50. The van der Waals surface area contributed by atoms with Crippen molar-refractivity contribution >= 4 is 32.1 Å². The van der Waals surface area contributed by atoms with Gasteiger partial charge in [0, 0.05) is 26.9 Å². The molecule has 10 rings (SSSR count). The van der Waals surface area contributed by atoms with E-state index in [0.717, 1.165) is 134 Å². The van der Waals surface area contributed by atoms with Crippen molar-refractivity contribution in [3.63, 3.8) is 0 Å². The van der Waals surface area contributed by atoms with Crippen LogP contribution in [-0.2, 0) is 51.0 Å². The number of phenolic OH excluding ortho intramolecular Hbond substituents is 1. The maximum atomic E-state index is 13.9. The number of aryl methyl sites for hydroxylation is 2. The van der Waals surface area contributed by atoms with Crippen LogP contribution in [0.3, 0.4) is 0 Å². The summed E-state index contributed by atoms with van der Waals surface area (Å²) in [5.74, 6) is 3.13. The Bertz CT molecular complexity index is 3730. The van der Waals surface area contributed by atoms with E-state index in [0.29, 0.717) is 65.0 Å². The van der Waals surface area contributed by atoms with Gasteiger partial charge in [-0.1, -0.05) is 155 Å². The van der Waals surface area contributed by atoms with Gasteiger partial charge in [0.25, 0.3) is 20.2 Å². The number of phenols is 1. The van der Waals surface area contributed by atoms with Crippen molar-refractivity contribution in [1.82, 2.24) is 10.6 Å². The number of aliphatic hydroxyl groups is 1. The molecule has 0 aliphatic heterocycles. The fraction of sp³-hybridized carbons (Fsp3) is 0.558. The van der Waals surface area contributed by atoms with Gasteiger partial charge < -0.3 is 25.6 Å². The van der Waals surface area contributed by atoms with Crippen LogP contribution in [0.2, 0.25) is 0 Å². The average Bonchev–Trinajstić information content (AvgIpc) is 0.826. The Kier molecular flexibility index (Phi) is 32.1. The van der Waals surface area contributed by atoms with E-state index < -0.39 is 20.2 Å². The molecule has 0 spiro atoms. The zero-order chi connectivity index (χ0) is 76.1. The normalized spacial score (nSPS) is 21.0. The average molecular weight is 1460 g/mol. The Balaban J connectivity index is 0.000000208. The van der Waals surface area contributed by atoms with Crippen LogP contribution in [0.25, 0.3) is 22.3 Å². The Morgan fingerprint density at radius 3 is 1.11 bits per heavy atom. The highest BCUT2D eigenvalue weighted by Crippen LogP contribution is 2.43. The van der Waals surface area contributed by atoms with E-state index >= 15 is 0 Å². The molecule has 17 heteroatoms. The minimum Gasteiger partial charge on any atom is -0.508 e. The van der Waals surface area contributed by atoms with Gasteiger partial charge in [-0.25, -0.2) is 8.78 Å². The fourth-order valence-electron chi connectivity index (χ4n) is 14.3. The molecule has 103 heavy (non-hydrogen) atoms. The van der Waals surface area contributed by atoms with Gasteiger partial charge in [-0.3, -0.25) is 18.0 Å². The maximum Gasteiger partial charge on any atom is 0.297 e. The lowest BCUT2D eigenvalue weighted by Crippen LogP contribution is -2.30. The molecule has 6 aromatic carbocycles. The van der Waals surface area contributed by atoms with Crippen molar-refractivity contribution in [1.29, 1.82) is 0 Å². The molecule has 0 saturated heterocycles. The SMILES string of the molecule is CC(=O)NCCc1ccc(O)cc1-c1cccc(F)c1.CC(=O)NCCc1ccc(OC2CCC(C(C)(C)C)CC2)cc1-c1cccc(F)c1.CC(C)(C)C1CCC(O)CC1.Cc1ccc(S(=O)(=O)OC2CCC(C(C)(C)C)CC2)cc1.Cc1ccc(S(=O)(=O)OC2CCC(C(C)(C)C)CC2)cc1. The first kappa shape index (κ1) is 85.4. The summed E-state index contributed by atoms with van der Waals surface area (Å²) in [6.45, 7) is 35.3. The van der Waals surface area contributed by atoms with Gasteiger partial charge >= 0.3 is 0 Å². The number of hydrogen-bond donors (Lipinski definition) is 4. The molecule has 4 N–H and O–H groups in total. The molecule has 13 nitrogen and oxygen atoms in total. The van der Waals surface area contributed by atoms with E-state index in [9.17, 15) is 45.4 Å². The zero-order valence-corrected chi connectivity index (χ0v) is 66.2. The highest BCUT2D eigenvalue weighted by Gasteiger charge is 2.35. The predicted molar refractivity (Wildman–Crippen MR) is 413 cm³/mol. The summed E-state index contributed by atoms with van der Waals surface area (Å²) in [5.41, 5.74) is 8.75. The molecular weight excluding hydrogens is 1340 g/mol. The molecule has 4 aliphatic carbocycles. The fourth-order valence-corrected chi connectivity index (χ4v) is 16.6. The third kappa shape index (κ3) is 29.1. The number of benzene rings is 6. The van der Waals surface area contributed by atoms with Gasteiger partial charge in [-0.05, 0) is 281 Å². The molecule has 4 aliphatic rings. The van der Waals surface area contributed by atoms with Gasteiger partial charge in [0.2, 0.25) is 11.8 Å². The van der Waals surface area contributed by atoms with Crippen LogP contribution in [-0.4, -0.2) is 76.4 Å². The van der Waals surface area contributed by atoms with Gasteiger partial charge in [-0.15, -0.1) is 0 Å². The molecule has 6 aromatic rings. The van der Waals surface area contributed by atoms with Crippen molar-refractivity contribution in [2.24, 2.45) is 45.3 Å². The van der Waals surface area contributed by atoms with Crippen LogP contribution < -0.4 is 15.4 Å². The summed E-state index contributed by atoms with van der Waals surface area (Å²) >= 11 is 0. The van der Waals surface area contributed by atoms with Gasteiger partial charge in [0.1, 0.15) is 23.1 Å². The summed E-state index contributed by atoms with van der Waals surface area (Å²) in [6.07, 6.45) is 17.6. The minimum absolute atomic E-state index is 0.00593. The summed E-state index contributed by atoms with van der Waals surface area (Å²) in [5, 5.41) is 24.5. The van der Waals surface area contributed by atoms with E-state index in [1.54, 1.807) is 91.0 Å². The zero-order valence-electron chi connectivity index (χ0n) is 64.6. The lowest BCUT2D eigenvalue weighted by molar-refractivity contribution is -0.119. The van der Waals surface area contributed by atoms with Crippen LogP contribution >= 0.6 is 0 Å². The molecule has 4 fully saturated rings. The predicted octanol–water partition coefficient (Wildman–Crippen LogP) is 20.2. The molecular formula is C86H122F2N2O11S2. The number of hydrogen-bond acceptors (Lipinski definition) is 11. The number of ether oxygens (including phenoxy) is 1. The molecule has 0 aromatic heterocycles. The highest BCUT2D eigenvalue weighted by molar-refractivity contribution is 7.87. The maximum absolute atomic E-state index is 13.9. The van der Waals surface area contributed by atoms with Crippen LogP contribution in [0.5, 0.6) is 11.5 Å². The Morgan fingerprint density at radius 1 is 0.437 bits per heavy atom. The lowest BCUT2D eigenvalue weighted by atomic mass is 9.72. The van der Waals surface area contributed by atoms with Crippen LogP contribution in [0.15, 0.2) is 143 Å². The summed E-state index contributed by atoms with van der Waals surface area (Å²) in [7, 11) is -7.26. The van der Waals surface area contributed by atoms with E-state index in [1.807, 2.05) is 38.1 Å². The summed E-state index contributed by atoms with van der Waals surface area (Å²) < 4.78 is 93.5. The molecule has 0 atom stereocenters. The molecule has 0 radical (unpaired) electrons. The number of halogens is 2. The number of aliphatic hydroxyl groups excluding tert-OH is 1. The van der Waals surface area contributed by atoms with E-state index in [4.69, 9.17) is 13.1 Å². The second kappa shape index (κ2) is 38.7. The van der Waals surface area contributed by atoms with Crippen LogP contribution in [0, 0.1) is 70.8 Å². The van der Waals surface area contributed by atoms with Crippen molar-refractivity contribution in [2.75, 3.05) is 13.1 Å². The lowest BCUT2D eigenvalue weighted by Gasteiger charge is -2.37. The third-order valence-corrected chi connectivity index (χ3v) is 23.8. The summed E-state index contributed by atoms with van der Waals surface area (Å²) in [4.78, 5) is 22.6. The first-order valence-electron chi connectivity index (χ1n) is 37.4. The van der Waals surface area contributed by atoms with Crippen molar-refractivity contribution in [3.05, 3.63) is 167 Å². The topological polar surface area (TPSA) is 195 Å². The minimum atomic E-state index is -3.63. The standard InChI is InChI=1S/C26H34FNO2.2C17H26O3S.C16H16FNO2.C10H20O/c1-18(29)28-15-14-19-8-11-24(17-25(19)20-6-5-7-22(27)16-20)30-23-12-9-21(10-13-23)26(2,3)4;2*1-13-5-11-16(12-6-13)21(18,19)20-15-9-7-14(8-10-15)17(2,3)4;1-11(19)18-8-7-12-5-6-15(20)10-16(12)13-3-2-4-14(17)9-13;1-10(2,3)8-4-6-9(11)7-5-8/h5-8,11,16-17,21,23H,9-10,12-15H2,1-4H3,(H,28,29);2*5-6,11-12,14-15H,7-10H2,1-4H3;2-6,9-10,20H,7-8H2,1H3,(H,18,19);8-9,11H,4-7H2,1-3H3. The molecule has 2 amide bonds. The smallest absolute Gasteiger partial charge is 0.297 e. The second-order valence-corrected chi connectivity index (χ2v) is 36.5. The Morgan fingerprint density at radius 2 is 0.767 bits per heavy atom. The number of amides is 2. The number of rotatable bonds is 16.